The van der Waals surface area contributed by atoms with Crippen LogP contribution >= 0.6 is 23.8 Å². The predicted octanol–water partition coefficient (Wildman–Crippen LogP) is 4.98. The lowest BCUT2D eigenvalue weighted by molar-refractivity contribution is -0.0164. The molecule has 3 N–H and O–H groups in total. The number of likely N-dealkylation sites (tertiary alicyclic amines) is 1. The number of piperidine rings is 1. The third kappa shape index (κ3) is 4.95. The largest absolute Gasteiger partial charge is 0.341 e. The normalized spacial score (nSPS) is 15.1. The Morgan fingerprint density at radius 2 is 2.00 bits per heavy atom. The minimum Gasteiger partial charge on any atom is -0.341 e. The average molecular weight is 461 g/mol. The summed E-state index contributed by atoms with van der Waals surface area (Å²) in [5.74, 6) is -0.204. The van der Waals surface area contributed by atoms with E-state index in [1.807, 2.05) is 21.6 Å². The Morgan fingerprint density at radius 1 is 1.29 bits per heavy atom. The van der Waals surface area contributed by atoms with E-state index in [2.05, 4.69) is 9.98 Å². The number of benzene rings is 2. The molecule has 1 saturated heterocycles. The number of guanidine groups is 1. The van der Waals surface area contributed by atoms with E-state index in [4.69, 9.17) is 29.2 Å². The molecule has 3 aromatic rings. The third-order valence-electron chi connectivity index (χ3n) is 5.38. The maximum atomic E-state index is 13.5. The molecule has 0 aliphatic carbocycles. The van der Waals surface area contributed by atoms with E-state index in [-0.39, 0.29) is 24.4 Å². The number of nitrogens with zero attached hydrogens (tertiary/aromatic N) is 4. The van der Waals surface area contributed by atoms with Crippen LogP contribution in [0.1, 0.15) is 24.4 Å². The van der Waals surface area contributed by atoms with Gasteiger partial charge in [0.2, 0.25) is 5.96 Å². The van der Waals surface area contributed by atoms with E-state index < -0.39 is 0 Å². The number of hydrogen-bond acceptors (Lipinski definition) is 3. The zero-order valence-corrected chi connectivity index (χ0v) is 18.2. The van der Waals surface area contributed by atoms with Crippen molar-refractivity contribution in [2.45, 2.75) is 25.4 Å². The summed E-state index contributed by atoms with van der Waals surface area (Å²) in [4.78, 5) is 9.02. The lowest BCUT2D eigenvalue weighted by Gasteiger charge is -2.33. The van der Waals surface area contributed by atoms with Crippen LogP contribution in [0.15, 0.2) is 47.5 Å². The van der Waals surface area contributed by atoms with Crippen LogP contribution in [0.4, 0.5) is 4.39 Å². The molecule has 0 unspecified atom stereocenters. The Morgan fingerprint density at radius 3 is 2.71 bits per heavy atom. The average Bonchev–Trinajstić information content (AvgIpc) is 3.08. The molecule has 1 aliphatic rings. The van der Waals surface area contributed by atoms with Crippen LogP contribution in [0.5, 0.6) is 0 Å². The second-order valence-corrected chi connectivity index (χ2v) is 8.30. The number of rotatable bonds is 4. The van der Waals surface area contributed by atoms with Crippen molar-refractivity contribution < 1.29 is 9.60 Å². The van der Waals surface area contributed by atoms with Crippen molar-refractivity contribution in [2.24, 2.45) is 4.99 Å². The zero-order chi connectivity index (χ0) is 22.0. The molecule has 1 aliphatic heterocycles. The number of imidazole rings is 1. The van der Waals surface area contributed by atoms with Gasteiger partial charge in [0.1, 0.15) is 12.2 Å². The summed E-state index contributed by atoms with van der Waals surface area (Å²) in [6.45, 7) is 1.52. The molecule has 0 atom stereocenters. The van der Waals surface area contributed by atoms with Crippen LogP contribution in [-0.4, -0.2) is 50.1 Å². The van der Waals surface area contributed by atoms with Gasteiger partial charge in [-0.05, 0) is 61.0 Å². The molecular weight excluding hydrogens is 439 g/mol. The van der Waals surface area contributed by atoms with E-state index in [0.29, 0.717) is 28.4 Å². The van der Waals surface area contributed by atoms with E-state index in [0.717, 1.165) is 29.0 Å². The Bertz CT molecular complexity index is 1170. The summed E-state index contributed by atoms with van der Waals surface area (Å²) < 4.78 is 16.1. The Hall–Kier alpha value is -2.75. The maximum absolute atomic E-state index is 13.5. The molecule has 162 valence electrons. The summed E-state index contributed by atoms with van der Waals surface area (Å²) in [7, 11) is 0. The standard InChI is InChI=1S/C21H22ClFN6OS/c22-15-3-1-14(2-4-15)12-28(30)13-25-20(24)27-9-7-17(8-10-27)29-19-6-5-16(23)11-18(19)26-21(29)31/h1-6,11,13,17,24,30H,7-10,12H2,(H,26,31)/b24-20?,25-13-. The van der Waals surface area contributed by atoms with Gasteiger partial charge in [-0.3, -0.25) is 10.6 Å². The summed E-state index contributed by atoms with van der Waals surface area (Å²) in [5.41, 5.74) is 2.45. The first-order valence-corrected chi connectivity index (χ1v) is 10.7. The van der Waals surface area contributed by atoms with E-state index in [1.54, 1.807) is 18.2 Å². The number of nitrogens with one attached hydrogen (secondary N) is 2. The molecule has 1 aromatic heterocycles. The van der Waals surface area contributed by atoms with Crippen molar-refractivity contribution in [3.05, 3.63) is 63.6 Å². The quantitative estimate of drug-likeness (QED) is 0.222. The van der Waals surface area contributed by atoms with Gasteiger partial charge in [0.05, 0.1) is 17.6 Å². The van der Waals surface area contributed by atoms with Crippen LogP contribution in [0.25, 0.3) is 11.0 Å². The minimum absolute atomic E-state index is 0.0956. The summed E-state index contributed by atoms with van der Waals surface area (Å²) in [6, 6.07) is 11.9. The first kappa shape index (κ1) is 21.5. The van der Waals surface area contributed by atoms with Crippen LogP contribution in [0, 0.1) is 16.0 Å². The number of halogens is 2. The highest BCUT2D eigenvalue weighted by molar-refractivity contribution is 7.71. The fraction of sp³-hybridized carbons (Fsp3) is 0.286. The zero-order valence-electron chi connectivity index (χ0n) is 16.6. The molecule has 2 aromatic carbocycles. The fourth-order valence-electron chi connectivity index (χ4n) is 3.82. The van der Waals surface area contributed by atoms with Crippen molar-refractivity contribution in [1.82, 2.24) is 19.5 Å². The molecule has 0 spiro atoms. The second kappa shape index (κ2) is 9.17. The van der Waals surface area contributed by atoms with Gasteiger partial charge in [-0.1, -0.05) is 23.7 Å². The number of aliphatic imine (C=N–C) groups is 1. The highest BCUT2D eigenvalue weighted by Crippen LogP contribution is 2.28. The van der Waals surface area contributed by atoms with Gasteiger partial charge < -0.3 is 14.5 Å². The van der Waals surface area contributed by atoms with E-state index in [1.165, 1.54) is 18.5 Å². The number of aromatic nitrogens is 2. The smallest absolute Gasteiger partial charge is 0.219 e. The third-order valence-corrected chi connectivity index (χ3v) is 5.93. The lowest BCUT2D eigenvalue weighted by Crippen LogP contribution is -2.38. The van der Waals surface area contributed by atoms with Gasteiger partial charge >= 0.3 is 0 Å². The lowest BCUT2D eigenvalue weighted by atomic mass is 10.0. The van der Waals surface area contributed by atoms with Crippen LogP contribution in [0.2, 0.25) is 5.02 Å². The predicted molar refractivity (Wildman–Crippen MR) is 122 cm³/mol. The first-order valence-electron chi connectivity index (χ1n) is 9.88. The Balaban J connectivity index is 1.35. The molecule has 31 heavy (non-hydrogen) atoms. The van der Waals surface area contributed by atoms with Crippen molar-refractivity contribution in [1.29, 1.82) is 5.41 Å². The molecule has 1 fully saturated rings. The molecule has 2 heterocycles. The van der Waals surface area contributed by atoms with Crippen molar-refractivity contribution in [3.8, 4) is 0 Å². The number of aromatic amines is 1. The number of hydrogen-bond donors (Lipinski definition) is 3. The van der Waals surface area contributed by atoms with Crippen molar-refractivity contribution in [2.75, 3.05) is 13.1 Å². The van der Waals surface area contributed by atoms with Gasteiger partial charge in [-0.15, -0.1) is 0 Å². The van der Waals surface area contributed by atoms with Gasteiger partial charge in [0, 0.05) is 24.2 Å². The highest BCUT2D eigenvalue weighted by atomic mass is 35.5. The van der Waals surface area contributed by atoms with Crippen molar-refractivity contribution in [3.63, 3.8) is 0 Å². The first-order chi connectivity index (χ1) is 14.9. The van der Waals surface area contributed by atoms with Crippen LogP contribution in [0.3, 0.4) is 0 Å². The Kier molecular flexibility index (Phi) is 6.35. The molecule has 7 nitrogen and oxygen atoms in total. The van der Waals surface area contributed by atoms with Crippen LogP contribution < -0.4 is 0 Å². The van der Waals surface area contributed by atoms with E-state index in [9.17, 15) is 9.60 Å². The van der Waals surface area contributed by atoms with E-state index >= 15 is 0 Å². The summed E-state index contributed by atoms with van der Waals surface area (Å²) >= 11 is 11.3. The topological polar surface area (TPSA) is 83.6 Å². The molecular formula is C21H22ClFN6OS. The molecule has 4 rings (SSSR count). The van der Waals surface area contributed by atoms with Gasteiger partial charge in [-0.25, -0.2) is 14.4 Å². The highest BCUT2D eigenvalue weighted by Gasteiger charge is 2.24. The van der Waals surface area contributed by atoms with Gasteiger partial charge in [0.25, 0.3) is 0 Å². The summed E-state index contributed by atoms with van der Waals surface area (Å²) in [5, 5.41) is 19.8. The Labute approximate surface area is 188 Å². The number of H-pyrrole nitrogens is 1. The minimum atomic E-state index is -0.300. The van der Waals surface area contributed by atoms with Crippen molar-refractivity contribution >= 4 is 47.2 Å². The molecule has 0 saturated carbocycles. The second-order valence-electron chi connectivity index (χ2n) is 7.47. The van der Waals surface area contributed by atoms with Crippen LogP contribution in [-0.2, 0) is 6.54 Å². The molecule has 0 radical (unpaired) electrons. The molecule has 0 bridgehead atoms. The number of fused-ring (bicyclic) bond motifs is 1. The molecule has 0 amide bonds. The van der Waals surface area contributed by atoms with Gasteiger partial charge in [0.15, 0.2) is 4.77 Å². The fourth-order valence-corrected chi connectivity index (χ4v) is 4.31. The van der Waals surface area contributed by atoms with Gasteiger partial charge in [-0.2, -0.15) is 0 Å². The molecule has 10 heteroatoms. The summed E-state index contributed by atoms with van der Waals surface area (Å²) in [6.07, 6.45) is 2.81. The SMILES string of the molecule is N=C(/N=C\N(O)Cc1ccc(Cl)cc1)N1CCC(n2c(=S)[nH]c3cc(F)ccc32)CC1. The maximum Gasteiger partial charge on any atom is 0.219 e. The monoisotopic (exact) mass is 460 g/mol. The number of hydroxylamine groups is 2.